The smallest absolute Gasteiger partial charge is 0.263 e. The largest absolute Gasteiger partial charge is 0.399 e. The Morgan fingerprint density at radius 1 is 1.14 bits per heavy atom. The van der Waals surface area contributed by atoms with E-state index in [9.17, 15) is 8.42 Å². The van der Waals surface area contributed by atoms with Gasteiger partial charge in [-0.3, -0.25) is 9.71 Å². The summed E-state index contributed by atoms with van der Waals surface area (Å²) in [7, 11) is -3.50. The fraction of sp³-hybridized carbons (Fsp3) is 0.133. The number of nitrogens with one attached hydrogen (secondary N) is 1. The number of fused-ring (bicyclic) bond motifs is 1. The standard InChI is InChI=1S/C15H15N3O2S/c1-10(11-5-4-6-12(16)9-11)17-15-13-7-2-3-8-14(13)21(19,20)18-15/h2-10H,16H2,1H3,(H,17,18). The number of rotatable bonds is 2. The minimum atomic E-state index is -3.50. The molecule has 3 rings (SSSR count). The van der Waals surface area contributed by atoms with Crippen molar-refractivity contribution < 1.29 is 8.42 Å². The number of amidine groups is 1. The van der Waals surface area contributed by atoms with Gasteiger partial charge >= 0.3 is 0 Å². The first kappa shape index (κ1) is 13.6. The van der Waals surface area contributed by atoms with E-state index in [0.29, 0.717) is 17.1 Å². The van der Waals surface area contributed by atoms with Crippen LogP contribution in [0.4, 0.5) is 5.69 Å². The van der Waals surface area contributed by atoms with Crippen LogP contribution >= 0.6 is 0 Å². The molecule has 0 aromatic heterocycles. The van der Waals surface area contributed by atoms with E-state index in [-0.39, 0.29) is 10.9 Å². The fourth-order valence-electron chi connectivity index (χ4n) is 2.32. The van der Waals surface area contributed by atoms with Crippen LogP contribution in [0.25, 0.3) is 0 Å². The zero-order valence-electron chi connectivity index (χ0n) is 11.4. The molecule has 0 bridgehead atoms. The van der Waals surface area contributed by atoms with E-state index < -0.39 is 10.0 Å². The molecule has 3 N–H and O–H groups in total. The van der Waals surface area contributed by atoms with E-state index >= 15 is 0 Å². The minimum Gasteiger partial charge on any atom is -0.399 e. The molecule has 21 heavy (non-hydrogen) atoms. The summed E-state index contributed by atoms with van der Waals surface area (Å²) in [6, 6.07) is 14.0. The third-order valence-electron chi connectivity index (χ3n) is 3.38. The van der Waals surface area contributed by atoms with Crippen molar-refractivity contribution in [2.24, 2.45) is 4.99 Å². The van der Waals surface area contributed by atoms with Crippen molar-refractivity contribution in [3.8, 4) is 0 Å². The van der Waals surface area contributed by atoms with Gasteiger partial charge in [-0.2, -0.15) is 0 Å². The van der Waals surface area contributed by atoms with Crippen LogP contribution in [0.15, 0.2) is 58.4 Å². The summed E-state index contributed by atoms with van der Waals surface area (Å²) in [5.74, 6) is 0.375. The van der Waals surface area contributed by atoms with Crippen molar-refractivity contribution in [3.63, 3.8) is 0 Å². The van der Waals surface area contributed by atoms with Gasteiger partial charge in [-0.15, -0.1) is 0 Å². The van der Waals surface area contributed by atoms with Crippen molar-refractivity contribution in [2.75, 3.05) is 5.73 Å². The lowest BCUT2D eigenvalue weighted by atomic mass is 10.1. The first-order valence-corrected chi connectivity index (χ1v) is 8.01. The molecule has 1 atom stereocenters. The average molecular weight is 301 g/mol. The Morgan fingerprint density at radius 3 is 2.67 bits per heavy atom. The normalized spacial score (nSPS) is 19.0. The summed E-state index contributed by atoms with van der Waals surface area (Å²) in [5, 5.41) is 0. The molecule has 2 aromatic rings. The summed E-state index contributed by atoms with van der Waals surface area (Å²) >= 11 is 0. The highest BCUT2D eigenvalue weighted by Crippen LogP contribution is 2.25. The van der Waals surface area contributed by atoms with Gasteiger partial charge in [-0.1, -0.05) is 24.3 Å². The maximum Gasteiger partial charge on any atom is 0.263 e. The first-order valence-electron chi connectivity index (χ1n) is 6.53. The van der Waals surface area contributed by atoms with Crippen LogP contribution in [0.1, 0.15) is 24.1 Å². The lowest BCUT2D eigenvalue weighted by molar-refractivity contribution is 0.595. The van der Waals surface area contributed by atoms with Gasteiger partial charge in [0.25, 0.3) is 10.0 Å². The van der Waals surface area contributed by atoms with Gasteiger partial charge in [-0.25, -0.2) is 8.42 Å². The third kappa shape index (κ3) is 2.50. The monoisotopic (exact) mass is 301 g/mol. The lowest BCUT2D eigenvalue weighted by Crippen LogP contribution is -2.22. The number of hydrogen-bond donors (Lipinski definition) is 2. The summed E-state index contributed by atoms with van der Waals surface area (Å²) in [6.07, 6.45) is 0. The van der Waals surface area contributed by atoms with Crippen LogP contribution < -0.4 is 10.5 Å². The quantitative estimate of drug-likeness (QED) is 0.833. The van der Waals surface area contributed by atoms with Crippen molar-refractivity contribution in [3.05, 3.63) is 59.7 Å². The Morgan fingerprint density at radius 2 is 1.90 bits per heavy atom. The SMILES string of the molecule is CC(N=C1NS(=O)(=O)c2ccccc21)c1cccc(N)c1. The molecular weight excluding hydrogens is 286 g/mol. The molecule has 1 unspecified atom stereocenters. The van der Waals surface area contributed by atoms with Crippen LogP contribution in [-0.2, 0) is 10.0 Å². The average Bonchev–Trinajstić information content (AvgIpc) is 2.71. The van der Waals surface area contributed by atoms with Crippen LogP contribution in [0.2, 0.25) is 0 Å². The Bertz CT molecular complexity index is 828. The molecule has 2 aromatic carbocycles. The second-order valence-electron chi connectivity index (χ2n) is 4.93. The second kappa shape index (κ2) is 4.89. The number of sulfonamides is 1. The molecule has 0 saturated heterocycles. The maximum atomic E-state index is 12.0. The number of anilines is 1. The van der Waals surface area contributed by atoms with Gasteiger partial charge in [0, 0.05) is 11.3 Å². The molecule has 0 aliphatic carbocycles. The van der Waals surface area contributed by atoms with Gasteiger partial charge < -0.3 is 5.73 Å². The number of nitrogen functional groups attached to an aromatic ring is 1. The summed E-state index contributed by atoms with van der Waals surface area (Å²) < 4.78 is 26.5. The Hall–Kier alpha value is -2.34. The number of hydrogen-bond acceptors (Lipinski definition) is 4. The molecule has 1 aliphatic rings. The highest BCUT2D eigenvalue weighted by Gasteiger charge is 2.30. The van der Waals surface area contributed by atoms with E-state index in [1.165, 1.54) is 0 Å². The van der Waals surface area contributed by atoms with Crippen LogP contribution in [0.3, 0.4) is 0 Å². The van der Waals surface area contributed by atoms with E-state index in [1.807, 2.05) is 25.1 Å². The van der Waals surface area contributed by atoms with Gasteiger partial charge in [0.1, 0.15) is 5.84 Å². The summed E-state index contributed by atoms with van der Waals surface area (Å²) in [5.41, 5.74) is 7.96. The predicted molar refractivity (Wildman–Crippen MR) is 82.6 cm³/mol. The van der Waals surface area contributed by atoms with Gasteiger partial charge in [0.15, 0.2) is 0 Å². The number of nitrogens with two attached hydrogens (primary N) is 1. The molecule has 0 fully saturated rings. The van der Waals surface area contributed by atoms with Gasteiger partial charge in [-0.05, 0) is 36.8 Å². The number of benzene rings is 2. The van der Waals surface area contributed by atoms with E-state index in [1.54, 1.807) is 30.3 Å². The summed E-state index contributed by atoms with van der Waals surface area (Å²) in [4.78, 5) is 4.76. The molecule has 1 heterocycles. The van der Waals surface area contributed by atoms with Crippen molar-refractivity contribution in [1.29, 1.82) is 0 Å². The van der Waals surface area contributed by atoms with Crippen molar-refractivity contribution in [2.45, 2.75) is 17.9 Å². The number of nitrogens with zero attached hydrogens (tertiary/aromatic N) is 1. The minimum absolute atomic E-state index is 0.197. The Labute approximate surface area is 123 Å². The van der Waals surface area contributed by atoms with Gasteiger partial charge in [0.2, 0.25) is 0 Å². The molecule has 0 amide bonds. The lowest BCUT2D eigenvalue weighted by Gasteiger charge is -2.09. The molecule has 0 spiro atoms. The summed E-state index contributed by atoms with van der Waals surface area (Å²) in [6.45, 7) is 1.90. The molecular formula is C15H15N3O2S. The zero-order valence-corrected chi connectivity index (χ0v) is 12.3. The third-order valence-corrected chi connectivity index (χ3v) is 4.78. The molecule has 6 heteroatoms. The Kier molecular flexibility index (Phi) is 3.17. The second-order valence-corrected chi connectivity index (χ2v) is 6.58. The molecule has 0 radical (unpaired) electrons. The van der Waals surface area contributed by atoms with E-state index in [2.05, 4.69) is 9.71 Å². The Balaban J connectivity index is 2.02. The van der Waals surface area contributed by atoms with E-state index in [0.717, 1.165) is 5.56 Å². The van der Waals surface area contributed by atoms with Crippen molar-refractivity contribution >= 4 is 21.5 Å². The van der Waals surface area contributed by atoms with Crippen molar-refractivity contribution in [1.82, 2.24) is 4.72 Å². The zero-order chi connectivity index (χ0) is 15.0. The first-order chi connectivity index (χ1) is 9.97. The fourth-order valence-corrected chi connectivity index (χ4v) is 3.56. The molecule has 0 saturated carbocycles. The highest BCUT2D eigenvalue weighted by atomic mass is 32.2. The predicted octanol–water partition coefficient (Wildman–Crippen LogP) is 2.07. The van der Waals surface area contributed by atoms with Crippen LogP contribution in [0, 0.1) is 0 Å². The molecule has 5 nitrogen and oxygen atoms in total. The number of aliphatic imine (C=N–C) groups is 1. The maximum absolute atomic E-state index is 12.0. The van der Waals surface area contributed by atoms with Crippen LogP contribution in [0.5, 0.6) is 0 Å². The molecule has 1 aliphatic heterocycles. The topological polar surface area (TPSA) is 84.5 Å². The van der Waals surface area contributed by atoms with Gasteiger partial charge in [0.05, 0.1) is 10.9 Å². The van der Waals surface area contributed by atoms with Crippen LogP contribution in [-0.4, -0.2) is 14.3 Å². The molecule has 108 valence electrons. The highest BCUT2D eigenvalue weighted by molar-refractivity contribution is 7.90. The van der Waals surface area contributed by atoms with E-state index in [4.69, 9.17) is 5.73 Å².